The third-order valence-corrected chi connectivity index (χ3v) is 5.48. The number of Topliss-reactive ketones (excluding diaryl/α,β-unsaturated/α-hetero) is 1. The number of hydrogen-bond donors (Lipinski definition) is 0. The second kappa shape index (κ2) is 5.81. The van der Waals surface area contributed by atoms with Gasteiger partial charge in [0.05, 0.1) is 25.2 Å². The van der Waals surface area contributed by atoms with E-state index >= 15 is 0 Å². The first-order valence-corrected chi connectivity index (χ1v) is 8.49. The molecule has 0 bridgehead atoms. The molecule has 0 N–H and O–H groups in total. The highest BCUT2D eigenvalue weighted by Crippen LogP contribution is 2.49. The van der Waals surface area contributed by atoms with Crippen LogP contribution in [0.3, 0.4) is 0 Å². The molecule has 0 aromatic heterocycles. The van der Waals surface area contributed by atoms with Crippen LogP contribution in [0.4, 0.5) is 0 Å². The molecular weight excluding hydrogens is 316 g/mol. The van der Waals surface area contributed by atoms with Crippen LogP contribution < -0.4 is 0 Å². The molecule has 128 valence electrons. The average Bonchev–Trinajstić information content (AvgIpc) is 2.64. The Labute approximate surface area is 146 Å². The minimum absolute atomic E-state index is 0.0653. The van der Waals surface area contributed by atoms with E-state index in [1.807, 2.05) is 37.3 Å². The molecule has 4 heteroatoms. The highest BCUT2D eigenvalue weighted by Gasteiger charge is 2.48. The third-order valence-electron chi connectivity index (χ3n) is 5.48. The predicted molar refractivity (Wildman–Crippen MR) is 92.7 cm³/mol. The number of carbonyl (C=O) groups is 2. The molecule has 0 spiro atoms. The lowest BCUT2D eigenvalue weighted by Gasteiger charge is -2.40. The first kappa shape index (κ1) is 16.0. The van der Waals surface area contributed by atoms with Gasteiger partial charge in [0.25, 0.3) is 0 Å². The van der Waals surface area contributed by atoms with Crippen molar-refractivity contribution >= 4 is 11.6 Å². The molecule has 1 aromatic rings. The Morgan fingerprint density at radius 1 is 1.20 bits per heavy atom. The molecule has 25 heavy (non-hydrogen) atoms. The normalized spacial score (nSPS) is 28.8. The molecule has 0 unspecified atom stereocenters. The summed E-state index contributed by atoms with van der Waals surface area (Å²) in [6.07, 6.45) is 4.41. The third kappa shape index (κ3) is 2.40. The van der Waals surface area contributed by atoms with Crippen LogP contribution in [-0.4, -0.2) is 25.3 Å². The fraction of sp³-hybridized carbons (Fsp3) is 0.333. The number of ketones is 2. The fourth-order valence-corrected chi connectivity index (χ4v) is 3.97. The van der Waals surface area contributed by atoms with Crippen molar-refractivity contribution in [2.45, 2.75) is 25.9 Å². The number of allylic oxidation sites excluding steroid dienone is 3. The monoisotopic (exact) mass is 336 g/mol. The van der Waals surface area contributed by atoms with Gasteiger partial charge in [0, 0.05) is 18.1 Å². The van der Waals surface area contributed by atoms with Crippen LogP contribution in [0.1, 0.15) is 31.4 Å². The highest BCUT2D eigenvalue weighted by atomic mass is 16.5. The molecule has 2 atom stereocenters. The minimum Gasteiger partial charge on any atom is -0.493 e. The number of carbonyl (C=O) groups excluding carboxylic acids is 2. The van der Waals surface area contributed by atoms with Crippen molar-refractivity contribution in [3.05, 3.63) is 70.5 Å². The molecule has 3 aliphatic rings. The molecule has 0 saturated carbocycles. The first-order chi connectivity index (χ1) is 12.0. The summed E-state index contributed by atoms with van der Waals surface area (Å²) in [5.74, 6) is -0.0996. The van der Waals surface area contributed by atoms with Gasteiger partial charge in [0.15, 0.2) is 11.5 Å². The van der Waals surface area contributed by atoms with Crippen LogP contribution in [0.5, 0.6) is 0 Å². The van der Waals surface area contributed by atoms with Crippen LogP contribution in [0.2, 0.25) is 0 Å². The zero-order chi connectivity index (χ0) is 17.6. The Morgan fingerprint density at radius 2 is 1.96 bits per heavy atom. The number of methoxy groups -OCH3 is 1. The molecule has 1 aliphatic heterocycles. The van der Waals surface area contributed by atoms with Gasteiger partial charge in [0.1, 0.15) is 0 Å². The van der Waals surface area contributed by atoms with Crippen LogP contribution in [0.15, 0.2) is 65.0 Å². The van der Waals surface area contributed by atoms with Gasteiger partial charge in [-0.05, 0) is 30.1 Å². The van der Waals surface area contributed by atoms with Gasteiger partial charge in [-0.3, -0.25) is 9.59 Å². The Kier molecular flexibility index (Phi) is 3.73. The van der Waals surface area contributed by atoms with Gasteiger partial charge in [-0.2, -0.15) is 0 Å². The summed E-state index contributed by atoms with van der Waals surface area (Å²) in [5, 5.41) is 0. The van der Waals surface area contributed by atoms with E-state index < -0.39 is 5.41 Å². The molecule has 0 amide bonds. The zero-order valence-corrected chi connectivity index (χ0v) is 14.4. The summed E-state index contributed by atoms with van der Waals surface area (Å²) in [6.45, 7) is 2.32. The smallest absolute Gasteiger partial charge is 0.224 e. The van der Waals surface area contributed by atoms with Crippen LogP contribution in [-0.2, 0) is 19.1 Å². The molecule has 1 fully saturated rings. The minimum atomic E-state index is -0.795. The van der Waals surface area contributed by atoms with E-state index in [4.69, 9.17) is 9.47 Å². The van der Waals surface area contributed by atoms with E-state index in [1.54, 1.807) is 0 Å². The summed E-state index contributed by atoms with van der Waals surface area (Å²) >= 11 is 0. The Hall–Kier alpha value is -2.46. The van der Waals surface area contributed by atoms with E-state index in [9.17, 15) is 9.59 Å². The number of rotatable bonds is 2. The molecule has 1 aromatic carbocycles. The summed E-state index contributed by atoms with van der Waals surface area (Å²) in [6, 6.07) is 9.99. The number of hydrogen-bond acceptors (Lipinski definition) is 4. The van der Waals surface area contributed by atoms with Gasteiger partial charge in [-0.25, -0.2) is 0 Å². The highest BCUT2D eigenvalue weighted by molar-refractivity contribution is 6.21. The summed E-state index contributed by atoms with van der Waals surface area (Å²) < 4.78 is 11.2. The predicted octanol–water partition coefficient (Wildman–Crippen LogP) is 3.46. The van der Waals surface area contributed by atoms with Gasteiger partial charge in [-0.1, -0.05) is 36.4 Å². The van der Waals surface area contributed by atoms with E-state index in [0.29, 0.717) is 25.0 Å². The first-order valence-electron chi connectivity index (χ1n) is 8.49. The lowest BCUT2D eigenvalue weighted by Crippen LogP contribution is -2.41. The van der Waals surface area contributed by atoms with E-state index in [2.05, 4.69) is 6.08 Å². The Morgan fingerprint density at radius 3 is 2.68 bits per heavy atom. The van der Waals surface area contributed by atoms with Crippen molar-refractivity contribution in [3.63, 3.8) is 0 Å². The molecule has 1 heterocycles. The van der Waals surface area contributed by atoms with Crippen LogP contribution >= 0.6 is 0 Å². The number of fused-ring (bicyclic) bond motifs is 2. The lowest BCUT2D eigenvalue weighted by molar-refractivity contribution is -0.127. The van der Waals surface area contributed by atoms with E-state index in [1.165, 1.54) is 13.2 Å². The van der Waals surface area contributed by atoms with Crippen molar-refractivity contribution in [2.24, 2.45) is 5.41 Å². The molecule has 2 aliphatic carbocycles. The standard InChI is InChI=1S/C21H20O4/c1-21-9-8-14-12-25-16(13-6-4-3-5-7-13)10-15(14)19(21)20(23)17(24-2)11-18(21)22/h3-8,11,16H,9-10,12H2,1-2H3/t16-,21+/m1/s1. The fourth-order valence-electron chi connectivity index (χ4n) is 3.97. The van der Waals surface area contributed by atoms with Gasteiger partial charge >= 0.3 is 0 Å². The van der Waals surface area contributed by atoms with Crippen molar-refractivity contribution in [3.8, 4) is 0 Å². The zero-order valence-electron chi connectivity index (χ0n) is 14.4. The maximum absolute atomic E-state index is 13.0. The molecular formula is C21H20O4. The topological polar surface area (TPSA) is 52.6 Å². The summed E-state index contributed by atoms with van der Waals surface area (Å²) in [7, 11) is 1.43. The number of ether oxygens (including phenoxy) is 2. The van der Waals surface area contributed by atoms with Gasteiger partial charge in [0.2, 0.25) is 5.78 Å². The lowest BCUT2D eigenvalue weighted by atomic mass is 9.64. The van der Waals surface area contributed by atoms with E-state index in [0.717, 1.165) is 16.7 Å². The van der Waals surface area contributed by atoms with Crippen molar-refractivity contribution in [2.75, 3.05) is 13.7 Å². The molecule has 4 nitrogen and oxygen atoms in total. The molecule has 4 rings (SSSR count). The average molecular weight is 336 g/mol. The SMILES string of the molecule is COC1=CC(=O)[C@]2(C)CC=C3CO[C@@H](c4ccccc4)CC3=C2C1=O. The largest absolute Gasteiger partial charge is 0.493 e. The van der Waals surface area contributed by atoms with Crippen molar-refractivity contribution < 1.29 is 19.1 Å². The number of benzene rings is 1. The summed E-state index contributed by atoms with van der Waals surface area (Å²) in [4.78, 5) is 25.7. The van der Waals surface area contributed by atoms with Crippen molar-refractivity contribution in [1.29, 1.82) is 0 Å². The second-order valence-corrected chi connectivity index (χ2v) is 6.94. The van der Waals surface area contributed by atoms with Gasteiger partial charge in [-0.15, -0.1) is 0 Å². The van der Waals surface area contributed by atoms with Crippen LogP contribution in [0.25, 0.3) is 0 Å². The molecule has 0 radical (unpaired) electrons. The Bertz CT molecular complexity index is 844. The quantitative estimate of drug-likeness (QED) is 0.830. The van der Waals surface area contributed by atoms with Crippen LogP contribution in [0, 0.1) is 5.41 Å². The maximum Gasteiger partial charge on any atom is 0.224 e. The van der Waals surface area contributed by atoms with Gasteiger partial charge < -0.3 is 9.47 Å². The van der Waals surface area contributed by atoms with E-state index in [-0.39, 0.29) is 23.4 Å². The Balaban J connectivity index is 1.81. The summed E-state index contributed by atoms with van der Waals surface area (Å²) in [5.41, 5.74) is 2.86. The van der Waals surface area contributed by atoms with Crippen molar-refractivity contribution in [1.82, 2.24) is 0 Å². The maximum atomic E-state index is 13.0. The second-order valence-electron chi connectivity index (χ2n) is 6.94. The molecule has 1 saturated heterocycles.